The first kappa shape index (κ1) is 23.3. The van der Waals surface area contributed by atoms with E-state index in [1.807, 2.05) is 44.2 Å². The number of ether oxygens (including phenoxy) is 3. The Kier molecular flexibility index (Phi) is 6.56. The summed E-state index contributed by atoms with van der Waals surface area (Å²) in [6.45, 7) is 5.79. The molecule has 34 heavy (non-hydrogen) atoms. The number of aryl methyl sites for hydroxylation is 3. The van der Waals surface area contributed by atoms with Crippen molar-refractivity contribution in [2.45, 2.75) is 20.8 Å². The van der Waals surface area contributed by atoms with Crippen molar-refractivity contribution in [3.05, 3.63) is 63.5 Å². The van der Waals surface area contributed by atoms with Crippen LogP contribution >= 0.6 is 11.3 Å². The first-order valence-corrected chi connectivity index (χ1v) is 11.3. The van der Waals surface area contributed by atoms with E-state index < -0.39 is 5.97 Å². The Morgan fingerprint density at radius 3 is 2.50 bits per heavy atom. The summed E-state index contributed by atoms with van der Waals surface area (Å²) in [5.74, 6) is 1.42. The van der Waals surface area contributed by atoms with E-state index >= 15 is 0 Å². The van der Waals surface area contributed by atoms with Gasteiger partial charge in [0.25, 0.3) is 0 Å². The SMILES string of the molecule is COC(=O)c1sc(N/N=c2\cc(-c3ccc(OC)c(OC)c3)oc3cc(C)cc(C)c23)nc1C. The van der Waals surface area contributed by atoms with Crippen LogP contribution in [0.2, 0.25) is 0 Å². The lowest BCUT2D eigenvalue weighted by atomic mass is 10.0. The first-order valence-electron chi connectivity index (χ1n) is 10.5. The molecule has 0 bridgehead atoms. The molecule has 9 heteroatoms. The molecule has 2 heterocycles. The fourth-order valence-electron chi connectivity index (χ4n) is 3.74. The molecule has 1 N–H and O–H groups in total. The summed E-state index contributed by atoms with van der Waals surface area (Å²) in [7, 11) is 4.53. The minimum atomic E-state index is -0.422. The second kappa shape index (κ2) is 9.56. The third kappa shape index (κ3) is 4.47. The summed E-state index contributed by atoms with van der Waals surface area (Å²) in [4.78, 5) is 16.8. The lowest BCUT2D eigenvalue weighted by molar-refractivity contribution is 0.0605. The van der Waals surface area contributed by atoms with Crippen molar-refractivity contribution in [1.82, 2.24) is 4.98 Å². The lowest BCUT2D eigenvalue weighted by Gasteiger charge is -2.11. The van der Waals surface area contributed by atoms with Crippen molar-refractivity contribution in [3.8, 4) is 22.8 Å². The molecular formula is C25H25N3O5S. The van der Waals surface area contributed by atoms with Gasteiger partial charge < -0.3 is 18.6 Å². The molecule has 0 atom stereocenters. The molecule has 0 unspecified atom stereocenters. The number of benzene rings is 2. The van der Waals surface area contributed by atoms with Gasteiger partial charge in [0.1, 0.15) is 16.2 Å². The predicted molar refractivity (Wildman–Crippen MR) is 132 cm³/mol. The number of carbonyl (C=O) groups is 1. The van der Waals surface area contributed by atoms with Gasteiger partial charge in [0, 0.05) is 17.0 Å². The molecule has 2 aromatic carbocycles. The zero-order chi connectivity index (χ0) is 24.4. The van der Waals surface area contributed by atoms with E-state index in [0.717, 1.165) is 22.1 Å². The van der Waals surface area contributed by atoms with Gasteiger partial charge >= 0.3 is 5.97 Å². The summed E-state index contributed by atoms with van der Waals surface area (Å²) in [6, 6.07) is 11.5. The standard InChI is InChI=1S/C25H25N3O5S/c1-13-9-14(2)22-17(27-28-25-26-15(3)23(34-25)24(29)32-6)12-19(33-21(22)10-13)16-7-8-18(30-4)20(11-16)31-5/h7-12H,1-6H3,(H,26,28)/b27-17+. The van der Waals surface area contributed by atoms with Crippen LogP contribution in [0.1, 0.15) is 26.5 Å². The number of anilines is 1. The fraction of sp³-hybridized carbons (Fsp3) is 0.240. The van der Waals surface area contributed by atoms with Gasteiger partial charge in [-0.15, -0.1) is 0 Å². The molecule has 0 aliphatic heterocycles. The van der Waals surface area contributed by atoms with Crippen molar-refractivity contribution >= 4 is 33.4 Å². The summed E-state index contributed by atoms with van der Waals surface area (Å²) in [5, 5.41) is 6.67. The van der Waals surface area contributed by atoms with Crippen LogP contribution in [0.3, 0.4) is 0 Å². The van der Waals surface area contributed by atoms with Crippen molar-refractivity contribution in [3.63, 3.8) is 0 Å². The highest BCUT2D eigenvalue weighted by Crippen LogP contribution is 2.33. The molecule has 4 aromatic rings. The van der Waals surface area contributed by atoms with E-state index in [4.69, 9.17) is 18.6 Å². The number of hydrogen-bond acceptors (Lipinski definition) is 9. The highest BCUT2D eigenvalue weighted by molar-refractivity contribution is 7.17. The highest BCUT2D eigenvalue weighted by Gasteiger charge is 2.16. The lowest BCUT2D eigenvalue weighted by Crippen LogP contribution is -2.09. The smallest absolute Gasteiger partial charge is 0.350 e. The van der Waals surface area contributed by atoms with E-state index in [0.29, 0.717) is 43.9 Å². The van der Waals surface area contributed by atoms with Gasteiger partial charge in [-0.3, -0.25) is 5.43 Å². The molecule has 176 valence electrons. The zero-order valence-corrected chi connectivity index (χ0v) is 20.6. The van der Waals surface area contributed by atoms with E-state index in [9.17, 15) is 4.79 Å². The number of esters is 1. The average Bonchev–Trinajstić information content (AvgIpc) is 3.21. The summed E-state index contributed by atoms with van der Waals surface area (Å²) < 4.78 is 21.9. The van der Waals surface area contributed by atoms with E-state index in [2.05, 4.69) is 21.6 Å². The maximum atomic E-state index is 11.9. The molecular weight excluding hydrogens is 454 g/mol. The van der Waals surface area contributed by atoms with Gasteiger partial charge in [-0.25, -0.2) is 9.78 Å². The molecule has 0 aliphatic carbocycles. The molecule has 0 saturated heterocycles. The Morgan fingerprint density at radius 2 is 1.79 bits per heavy atom. The van der Waals surface area contributed by atoms with Crippen molar-refractivity contribution in [2.75, 3.05) is 26.8 Å². The van der Waals surface area contributed by atoms with Crippen LogP contribution in [0.5, 0.6) is 11.5 Å². The Bertz CT molecular complexity index is 1460. The van der Waals surface area contributed by atoms with E-state index in [1.54, 1.807) is 21.1 Å². The number of nitrogens with one attached hydrogen (secondary N) is 1. The third-order valence-corrected chi connectivity index (χ3v) is 6.34. The molecule has 0 aliphatic rings. The molecule has 4 rings (SSSR count). The normalized spacial score (nSPS) is 11.5. The topological polar surface area (TPSA) is 95.2 Å². The van der Waals surface area contributed by atoms with Crippen LogP contribution in [0.15, 0.2) is 45.9 Å². The van der Waals surface area contributed by atoms with Crippen LogP contribution in [0.25, 0.3) is 22.3 Å². The summed E-state index contributed by atoms with van der Waals surface area (Å²) >= 11 is 1.19. The van der Waals surface area contributed by atoms with Crippen LogP contribution in [-0.2, 0) is 4.74 Å². The predicted octanol–water partition coefficient (Wildman–Crippen LogP) is 5.21. The van der Waals surface area contributed by atoms with Crippen LogP contribution in [0, 0.1) is 20.8 Å². The van der Waals surface area contributed by atoms with Gasteiger partial charge in [0.2, 0.25) is 5.13 Å². The highest BCUT2D eigenvalue weighted by atomic mass is 32.1. The second-order valence-electron chi connectivity index (χ2n) is 7.67. The molecule has 0 saturated carbocycles. The van der Waals surface area contributed by atoms with Crippen molar-refractivity contribution in [2.24, 2.45) is 5.10 Å². The maximum absolute atomic E-state index is 11.9. The maximum Gasteiger partial charge on any atom is 0.350 e. The van der Waals surface area contributed by atoms with Crippen LogP contribution in [-0.4, -0.2) is 32.3 Å². The second-order valence-corrected chi connectivity index (χ2v) is 8.67. The Balaban J connectivity index is 1.86. The molecule has 0 radical (unpaired) electrons. The van der Waals surface area contributed by atoms with Gasteiger partial charge in [-0.05, 0) is 56.2 Å². The largest absolute Gasteiger partial charge is 0.493 e. The minimum Gasteiger partial charge on any atom is -0.493 e. The van der Waals surface area contributed by atoms with Crippen LogP contribution < -0.4 is 20.3 Å². The Morgan fingerprint density at radius 1 is 1.03 bits per heavy atom. The monoisotopic (exact) mass is 479 g/mol. The fourth-order valence-corrected chi connectivity index (χ4v) is 4.56. The number of methoxy groups -OCH3 is 3. The average molecular weight is 480 g/mol. The molecule has 0 fully saturated rings. The molecule has 2 aromatic heterocycles. The number of rotatable bonds is 6. The number of thiazole rings is 1. The molecule has 8 nitrogen and oxygen atoms in total. The van der Waals surface area contributed by atoms with Crippen molar-refractivity contribution in [1.29, 1.82) is 0 Å². The van der Waals surface area contributed by atoms with E-state index in [1.165, 1.54) is 18.4 Å². The molecule has 0 amide bonds. The number of hydrogen-bond donors (Lipinski definition) is 1. The van der Waals surface area contributed by atoms with Gasteiger partial charge in [0.05, 0.1) is 32.4 Å². The third-order valence-electron chi connectivity index (χ3n) is 5.29. The summed E-state index contributed by atoms with van der Waals surface area (Å²) in [6.07, 6.45) is 0. The van der Waals surface area contributed by atoms with E-state index in [-0.39, 0.29) is 0 Å². The van der Waals surface area contributed by atoms with Gasteiger partial charge in [-0.1, -0.05) is 17.4 Å². The van der Waals surface area contributed by atoms with Crippen molar-refractivity contribution < 1.29 is 23.4 Å². The molecule has 0 spiro atoms. The Hall–Kier alpha value is -3.85. The number of nitrogens with zero attached hydrogens (tertiary/aromatic N) is 2. The van der Waals surface area contributed by atoms with Gasteiger partial charge in [-0.2, -0.15) is 5.10 Å². The number of aromatic nitrogens is 1. The summed E-state index contributed by atoms with van der Waals surface area (Å²) in [5.41, 5.74) is 7.20. The zero-order valence-electron chi connectivity index (χ0n) is 19.8. The first-order chi connectivity index (χ1) is 16.3. The van der Waals surface area contributed by atoms with Gasteiger partial charge in [0.15, 0.2) is 11.5 Å². The quantitative estimate of drug-likeness (QED) is 0.299. The Labute approximate surface area is 200 Å². The minimum absolute atomic E-state index is 0.422. The number of fused-ring (bicyclic) bond motifs is 1. The van der Waals surface area contributed by atoms with Crippen LogP contribution in [0.4, 0.5) is 5.13 Å². The number of carbonyl (C=O) groups excluding carboxylic acids is 1.